The molecule has 0 bridgehead atoms. The lowest BCUT2D eigenvalue weighted by Crippen LogP contribution is -2.00. The molecule has 5 heterocycles. The van der Waals surface area contributed by atoms with Gasteiger partial charge in [-0.05, 0) is 90.5 Å². The molecule has 7 heteroatoms. The predicted octanol–water partition coefficient (Wildman–Crippen LogP) is 17.0. The van der Waals surface area contributed by atoms with E-state index in [9.17, 15) is 0 Å². The van der Waals surface area contributed by atoms with E-state index in [1.807, 2.05) is 41.7 Å². The lowest BCUT2D eigenvalue weighted by atomic mass is 9.95. The summed E-state index contributed by atoms with van der Waals surface area (Å²) in [5.74, 6) is 1.77. The standard InChI is InChI=1S/C63H37N5OS/c1-3-16-38(17-4-1)61-64-62(40-30-32-52-47(37-40)44-22-9-11-25-49(44)67(52)41-18-5-2-6-19-41)66-63(65-61)46-24-15-28-55-59(46)48-36-39(31-34-54(48)69-55)58-53(33-35-57-60(58)45-23-10-14-29-56(45)70-57)68-50-26-12-7-20-42(50)43-21-8-13-27-51(43)68/h1-37H. The molecule has 0 saturated heterocycles. The van der Waals surface area contributed by atoms with Crippen LogP contribution in [0, 0.1) is 0 Å². The van der Waals surface area contributed by atoms with Gasteiger partial charge in [0.25, 0.3) is 0 Å². The van der Waals surface area contributed by atoms with Crippen LogP contribution in [-0.2, 0) is 0 Å². The largest absolute Gasteiger partial charge is 0.456 e. The van der Waals surface area contributed by atoms with Crippen LogP contribution in [-0.4, -0.2) is 24.1 Å². The van der Waals surface area contributed by atoms with E-state index in [2.05, 4.69) is 203 Å². The molecule has 6 nitrogen and oxygen atoms in total. The van der Waals surface area contributed by atoms with Gasteiger partial charge in [0.05, 0.1) is 27.8 Å². The molecule has 15 rings (SSSR count). The molecule has 15 aromatic rings. The summed E-state index contributed by atoms with van der Waals surface area (Å²) in [6.07, 6.45) is 0. The van der Waals surface area contributed by atoms with Gasteiger partial charge < -0.3 is 13.6 Å². The molecule has 0 atom stereocenters. The van der Waals surface area contributed by atoms with Crippen LogP contribution in [0.1, 0.15) is 0 Å². The first-order valence-electron chi connectivity index (χ1n) is 23.5. The molecule has 5 aromatic heterocycles. The van der Waals surface area contributed by atoms with Gasteiger partial charge >= 0.3 is 0 Å². The fraction of sp³-hybridized carbons (Fsp3) is 0. The zero-order valence-electron chi connectivity index (χ0n) is 37.4. The monoisotopic (exact) mass is 911 g/mol. The molecule has 326 valence electrons. The Morgan fingerprint density at radius 1 is 0.343 bits per heavy atom. The number of aromatic nitrogens is 5. The van der Waals surface area contributed by atoms with Crippen LogP contribution in [0.2, 0.25) is 0 Å². The van der Waals surface area contributed by atoms with Crippen molar-refractivity contribution in [2.45, 2.75) is 0 Å². The summed E-state index contributed by atoms with van der Waals surface area (Å²) in [6, 6.07) is 79.6. The number of para-hydroxylation sites is 4. The Kier molecular flexibility index (Phi) is 8.43. The third-order valence-corrected chi connectivity index (χ3v) is 15.1. The Morgan fingerprint density at radius 2 is 0.929 bits per heavy atom. The zero-order valence-corrected chi connectivity index (χ0v) is 38.2. The van der Waals surface area contributed by atoms with Crippen LogP contribution >= 0.6 is 11.3 Å². The van der Waals surface area contributed by atoms with Crippen LogP contribution in [0.4, 0.5) is 0 Å². The van der Waals surface area contributed by atoms with Crippen molar-refractivity contribution in [1.29, 1.82) is 0 Å². The molecule has 0 spiro atoms. The van der Waals surface area contributed by atoms with E-state index in [0.717, 1.165) is 72.0 Å². The number of hydrogen-bond acceptors (Lipinski definition) is 5. The molecule has 0 radical (unpaired) electrons. The predicted molar refractivity (Wildman–Crippen MR) is 290 cm³/mol. The van der Waals surface area contributed by atoms with Gasteiger partial charge in [0.2, 0.25) is 0 Å². The van der Waals surface area contributed by atoms with Crippen LogP contribution in [0.15, 0.2) is 229 Å². The number of benzene rings is 10. The van der Waals surface area contributed by atoms with Gasteiger partial charge in [0.1, 0.15) is 11.2 Å². The summed E-state index contributed by atoms with van der Waals surface area (Å²) in [5.41, 5.74) is 13.4. The number of nitrogens with zero attached hydrogens (tertiary/aromatic N) is 5. The van der Waals surface area contributed by atoms with E-state index >= 15 is 0 Å². The second kappa shape index (κ2) is 15.2. The molecule has 10 aromatic carbocycles. The highest BCUT2D eigenvalue weighted by molar-refractivity contribution is 7.26. The van der Waals surface area contributed by atoms with Crippen molar-refractivity contribution in [2.75, 3.05) is 0 Å². The molecule has 0 aliphatic rings. The molecule has 0 amide bonds. The SMILES string of the molecule is c1ccc(-c2nc(-c3ccc4c(c3)c3ccccc3n4-c3ccccc3)nc(-c3cccc4oc5ccc(-c6c(-n7c8ccccc8c8ccccc87)ccc7sc8ccccc8c67)cc5c34)n2)cc1. The number of furan rings is 1. The molecule has 0 aliphatic carbocycles. The zero-order chi connectivity index (χ0) is 45.9. The lowest BCUT2D eigenvalue weighted by Gasteiger charge is -2.16. The summed E-state index contributed by atoms with van der Waals surface area (Å²) in [5, 5.41) is 9.18. The summed E-state index contributed by atoms with van der Waals surface area (Å²) in [6.45, 7) is 0. The molecule has 0 aliphatic heterocycles. The first-order chi connectivity index (χ1) is 34.7. The Bertz CT molecular complexity index is 4550. The maximum atomic E-state index is 6.75. The van der Waals surface area contributed by atoms with Gasteiger partial charge in [-0.3, -0.25) is 0 Å². The second-order valence-corrected chi connectivity index (χ2v) is 19.0. The van der Waals surface area contributed by atoms with E-state index in [1.54, 1.807) is 0 Å². The second-order valence-electron chi connectivity index (χ2n) is 17.9. The molecule has 0 unspecified atom stereocenters. The fourth-order valence-electron chi connectivity index (χ4n) is 10.9. The number of hydrogen-bond donors (Lipinski definition) is 0. The highest BCUT2D eigenvalue weighted by Crippen LogP contribution is 2.47. The summed E-state index contributed by atoms with van der Waals surface area (Å²) >= 11 is 1.84. The van der Waals surface area contributed by atoms with Crippen LogP contribution in [0.3, 0.4) is 0 Å². The van der Waals surface area contributed by atoms with Crippen molar-refractivity contribution in [1.82, 2.24) is 24.1 Å². The van der Waals surface area contributed by atoms with Gasteiger partial charge in [-0.15, -0.1) is 11.3 Å². The van der Waals surface area contributed by atoms with Crippen molar-refractivity contribution >= 4 is 97.1 Å². The molecule has 0 N–H and O–H groups in total. The van der Waals surface area contributed by atoms with E-state index < -0.39 is 0 Å². The fourth-order valence-corrected chi connectivity index (χ4v) is 12.1. The quantitative estimate of drug-likeness (QED) is 0.167. The number of thiophene rings is 1. The van der Waals surface area contributed by atoms with Crippen LogP contribution in [0.5, 0.6) is 0 Å². The molecule has 70 heavy (non-hydrogen) atoms. The average Bonchev–Trinajstić information content (AvgIpc) is 4.18. The maximum absolute atomic E-state index is 6.75. The third kappa shape index (κ3) is 5.82. The van der Waals surface area contributed by atoms with Gasteiger partial charge in [0.15, 0.2) is 17.5 Å². The first kappa shape index (κ1) is 38.9. The van der Waals surface area contributed by atoms with Gasteiger partial charge in [0, 0.05) is 80.4 Å². The molecule has 0 fully saturated rings. The Morgan fingerprint density at radius 3 is 1.69 bits per heavy atom. The summed E-state index contributed by atoms with van der Waals surface area (Å²) < 4.78 is 14.0. The van der Waals surface area contributed by atoms with Crippen LogP contribution in [0.25, 0.3) is 142 Å². The highest BCUT2D eigenvalue weighted by Gasteiger charge is 2.24. The Balaban J connectivity index is 0.969. The van der Waals surface area contributed by atoms with Gasteiger partial charge in [-0.2, -0.15) is 0 Å². The normalized spacial score (nSPS) is 12.0. The van der Waals surface area contributed by atoms with Crippen molar-refractivity contribution < 1.29 is 4.42 Å². The minimum atomic E-state index is 0.575. The van der Waals surface area contributed by atoms with Crippen molar-refractivity contribution in [2.24, 2.45) is 0 Å². The van der Waals surface area contributed by atoms with Crippen molar-refractivity contribution in [3.8, 4) is 56.7 Å². The van der Waals surface area contributed by atoms with Crippen molar-refractivity contribution in [3.05, 3.63) is 224 Å². The Labute approximate surface area is 404 Å². The smallest absolute Gasteiger partial charge is 0.164 e. The topological polar surface area (TPSA) is 61.7 Å². The van der Waals surface area contributed by atoms with E-state index in [-0.39, 0.29) is 0 Å². The Hall–Kier alpha value is -9.17. The first-order valence-corrected chi connectivity index (χ1v) is 24.3. The number of fused-ring (bicyclic) bond motifs is 12. The van der Waals surface area contributed by atoms with Gasteiger partial charge in [-0.25, -0.2) is 15.0 Å². The van der Waals surface area contributed by atoms with E-state index in [4.69, 9.17) is 19.4 Å². The summed E-state index contributed by atoms with van der Waals surface area (Å²) in [7, 11) is 0. The van der Waals surface area contributed by atoms with Crippen molar-refractivity contribution in [3.63, 3.8) is 0 Å². The van der Waals surface area contributed by atoms with Gasteiger partial charge in [-0.1, -0.05) is 140 Å². The minimum absolute atomic E-state index is 0.575. The molecular formula is C63H37N5OS. The maximum Gasteiger partial charge on any atom is 0.164 e. The molecular weight excluding hydrogens is 875 g/mol. The third-order valence-electron chi connectivity index (χ3n) is 14.0. The molecule has 0 saturated carbocycles. The number of rotatable bonds is 6. The van der Waals surface area contributed by atoms with Crippen LogP contribution < -0.4 is 0 Å². The van der Waals surface area contributed by atoms with E-state index in [0.29, 0.717) is 17.5 Å². The highest BCUT2D eigenvalue weighted by atomic mass is 32.1. The minimum Gasteiger partial charge on any atom is -0.456 e. The van der Waals surface area contributed by atoms with E-state index in [1.165, 1.54) is 52.9 Å². The summed E-state index contributed by atoms with van der Waals surface area (Å²) in [4.78, 5) is 15.9. The lowest BCUT2D eigenvalue weighted by molar-refractivity contribution is 0.669. The average molecular weight is 912 g/mol.